The summed E-state index contributed by atoms with van der Waals surface area (Å²) in [5, 5.41) is 9.32. The first-order chi connectivity index (χ1) is 6.09. The summed E-state index contributed by atoms with van der Waals surface area (Å²) < 4.78 is 0. The summed E-state index contributed by atoms with van der Waals surface area (Å²) in [5.74, 6) is -1.01. The van der Waals surface area contributed by atoms with E-state index in [9.17, 15) is 4.79 Å². The fourth-order valence-corrected chi connectivity index (χ4v) is 1.27. The minimum absolute atomic E-state index is 0. The minimum Gasteiger partial charge on any atom is -0.478 e. The molecule has 5 heteroatoms. The molecular formula is C9H7Cl3O2. The van der Waals surface area contributed by atoms with Crippen molar-refractivity contribution in [2.75, 3.05) is 0 Å². The van der Waals surface area contributed by atoms with E-state index in [0.717, 1.165) is 6.08 Å². The smallest absolute Gasteiger partial charge is 0.328 e. The maximum absolute atomic E-state index is 10.2. The van der Waals surface area contributed by atoms with Crippen molar-refractivity contribution in [3.05, 3.63) is 39.9 Å². The predicted octanol–water partition coefficient (Wildman–Crippen LogP) is 3.51. The van der Waals surface area contributed by atoms with Crippen LogP contribution < -0.4 is 0 Å². The van der Waals surface area contributed by atoms with E-state index in [4.69, 9.17) is 28.3 Å². The molecule has 2 nitrogen and oxygen atoms in total. The van der Waals surface area contributed by atoms with Crippen LogP contribution in [0.25, 0.3) is 6.08 Å². The summed E-state index contributed by atoms with van der Waals surface area (Å²) in [4.78, 5) is 10.2. The summed E-state index contributed by atoms with van der Waals surface area (Å²) in [5.41, 5.74) is 0.633. The van der Waals surface area contributed by atoms with Crippen LogP contribution in [0.4, 0.5) is 0 Å². The van der Waals surface area contributed by atoms with Gasteiger partial charge in [-0.05, 0) is 23.8 Å². The second kappa shape index (κ2) is 5.91. The Bertz CT molecular complexity index is 361. The third-order valence-electron chi connectivity index (χ3n) is 1.37. The molecule has 76 valence electrons. The quantitative estimate of drug-likeness (QED) is 0.819. The molecular weight excluding hydrogens is 246 g/mol. The second-order valence-electron chi connectivity index (χ2n) is 2.34. The Morgan fingerprint density at radius 3 is 2.50 bits per heavy atom. The maximum atomic E-state index is 10.2. The van der Waals surface area contributed by atoms with Crippen molar-refractivity contribution in [2.45, 2.75) is 0 Å². The molecule has 0 aliphatic heterocycles. The number of hydrogen-bond acceptors (Lipinski definition) is 1. The Morgan fingerprint density at radius 1 is 1.36 bits per heavy atom. The van der Waals surface area contributed by atoms with E-state index in [-0.39, 0.29) is 12.4 Å². The lowest BCUT2D eigenvalue weighted by Gasteiger charge is -1.97. The summed E-state index contributed by atoms with van der Waals surface area (Å²) in [7, 11) is 0. The third-order valence-corrected chi connectivity index (χ3v) is 1.93. The molecule has 0 fully saturated rings. The third kappa shape index (κ3) is 4.01. The number of hydrogen-bond donors (Lipinski definition) is 1. The van der Waals surface area contributed by atoms with E-state index in [1.807, 2.05) is 0 Å². The number of carboxylic acid groups (broad SMARTS) is 1. The van der Waals surface area contributed by atoms with Crippen LogP contribution in [0.2, 0.25) is 10.0 Å². The van der Waals surface area contributed by atoms with E-state index >= 15 is 0 Å². The van der Waals surface area contributed by atoms with Crippen molar-refractivity contribution >= 4 is 47.7 Å². The Kier molecular flexibility index (Phi) is 5.62. The predicted molar refractivity (Wildman–Crippen MR) is 60.4 cm³/mol. The highest BCUT2D eigenvalue weighted by Gasteiger charge is 1.97. The van der Waals surface area contributed by atoms with Gasteiger partial charge in [-0.15, -0.1) is 12.4 Å². The van der Waals surface area contributed by atoms with Gasteiger partial charge in [0.05, 0.1) is 0 Å². The van der Waals surface area contributed by atoms with Gasteiger partial charge in [-0.1, -0.05) is 29.3 Å². The first-order valence-corrected chi connectivity index (χ1v) is 4.21. The summed E-state index contributed by atoms with van der Waals surface area (Å²) in [6.45, 7) is 0. The molecule has 0 unspecified atom stereocenters. The molecule has 1 N–H and O–H groups in total. The van der Waals surface area contributed by atoms with E-state index in [1.54, 1.807) is 18.2 Å². The van der Waals surface area contributed by atoms with Gasteiger partial charge in [0.2, 0.25) is 0 Å². The molecule has 0 atom stereocenters. The van der Waals surface area contributed by atoms with Crippen molar-refractivity contribution in [1.82, 2.24) is 0 Å². The molecule has 1 aromatic rings. The number of carbonyl (C=O) groups is 1. The van der Waals surface area contributed by atoms with Gasteiger partial charge < -0.3 is 5.11 Å². The van der Waals surface area contributed by atoms with E-state index in [0.29, 0.717) is 15.6 Å². The largest absolute Gasteiger partial charge is 0.478 e. The van der Waals surface area contributed by atoms with Crippen molar-refractivity contribution in [3.8, 4) is 0 Å². The average Bonchev–Trinajstić information content (AvgIpc) is 2.02. The summed E-state index contributed by atoms with van der Waals surface area (Å²) >= 11 is 11.4. The van der Waals surface area contributed by atoms with Crippen LogP contribution in [0.3, 0.4) is 0 Å². The average molecular weight is 254 g/mol. The van der Waals surface area contributed by atoms with Gasteiger partial charge in [0, 0.05) is 16.1 Å². The molecule has 0 bridgehead atoms. The van der Waals surface area contributed by atoms with Crippen LogP contribution >= 0.6 is 35.6 Å². The first-order valence-electron chi connectivity index (χ1n) is 3.45. The zero-order valence-corrected chi connectivity index (χ0v) is 9.23. The number of carboxylic acids is 1. The van der Waals surface area contributed by atoms with E-state index < -0.39 is 5.97 Å². The van der Waals surface area contributed by atoms with Gasteiger partial charge in [0.25, 0.3) is 0 Å². The Balaban J connectivity index is 0.00000169. The molecule has 1 rings (SSSR count). The van der Waals surface area contributed by atoms with Gasteiger partial charge in [-0.2, -0.15) is 0 Å². The molecule has 0 amide bonds. The lowest BCUT2D eigenvalue weighted by Crippen LogP contribution is -1.85. The van der Waals surface area contributed by atoms with Crippen LogP contribution in [0.15, 0.2) is 24.3 Å². The van der Waals surface area contributed by atoms with Crippen molar-refractivity contribution in [3.63, 3.8) is 0 Å². The van der Waals surface area contributed by atoms with Crippen molar-refractivity contribution in [1.29, 1.82) is 0 Å². The topological polar surface area (TPSA) is 37.3 Å². The molecule has 0 saturated heterocycles. The standard InChI is InChI=1S/C9H6Cl2O2.ClH/c10-7-3-1-6(8(11)5-7)2-4-9(12)13;/h1-5H,(H,12,13);1H. The van der Waals surface area contributed by atoms with E-state index in [2.05, 4.69) is 0 Å². The lowest BCUT2D eigenvalue weighted by molar-refractivity contribution is -0.131. The highest BCUT2D eigenvalue weighted by molar-refractivity contribution is 6.35. The van der Waals surface area contributed by atoms with Crippen molar-refractivity contribution in [2.24, 2.45) is 0 Å². The first kappa shape index (κ1) is 13.3. The van der Waals surface area contributed by atoms with Crippen LogP contribution in [-0.2, 0) is 4.79 Å². The van der Waals surface area contributed by atoms with Gasteiger partial charge in [0.15, 0.2) is 0 Å². The fraction of sp³-hybridized carbons (Fsp3) is 0. The zero-order valence-electron chi connectivity index (χ0n) is 6.91. The molecule has 0 saturated carbocycles. The van der Waals surface area contributed by atoms with Crippen LogP contribution in [0.1, 0.15) is 5.56 Å². The molecule has 0 aliphatic carbocycles. The van der Waals surface area contributed by atoms with Crippen LogP contribution in [0, 0.1) is 0 Å². The number of benzene rings is 1. The fourth-order valence-electron chi connectivity index (χ4n) is 0.798. The Morgan fingerprint density at radius 2 is 2.00 bits per heavy atom. The summed E-state index contributed by atoms with van der Waals surface area (Å²) in [6, 6.07) is 4.86. The minimum atomic E-state index is -1.01. The lowest BCUT2D eigenvalue weighted by atomic mass is 10.2. The second-order valence-corrected chi connectivity index (χ2v) is 3.18. The highest BCUT2D eigenvalue weighted by Crippen LogP contribution is 2.21. The number of halogens is 3. The molecule has 0 aromatic heterocycles. The van der Waals surface area contributed by atoms with Gasteiger partial charge >= 0.3 is 5.97 Å². The van der Waals surface area contributed by atoms with Crippen molar-refractivity contribution < 1.29 is 9.90 Å². The molecule has 0 aliphatic rings. The van der Waals surface area contributed by atoms with Gasteiger partial charge in [-0.25, -0.2) is 4.79 Å². The van der Waals surface area contributed by atoms with Crippen LogP contribution in [0.5, 0.6) is 0 Å². The highest BCUT2D eigenvalue weighted by atomic mass is 35.5. The molecule has 0 radical (unpaired) electrons. The SMILES string of the molecule is Cl.O=C(O)C=Cc1ccc(Cl)cc1Cl. The molecule has 0 heterocycles. The Hall–Kier alpha value is -0.700. The molecule has 1 aromatic carbocycles. The zero-order chi connectivity index (χ0) is 9.84. The van der Waals surface area contributed by atoms with Crippen LogP contribution in [-0.4, -0.2) is 11.1 Å². The number of aliphatic carboxylic acids is 1. The van der Waals surface area contributed by atoms with Gasteiger partial charge in [-0.3, -0.25) is 0 Å². The number of rotatable bonds is 2. The van der Waals surface area contributed by atoms with E-state index in [1.165, 1.54) is 6.08 Å². The normalized spacial score (nSPS) is 9.86. The summed E-state index contributed by atoms with van der Waals surface area (Å²) in [6.07, 6.45) is 2.44. The molecule has 14 heavy (non-hydrogen) atoms. The molecule has 0 spiro atoms. The Labute approximate surface area is 97.6 Å². The van der Waals surface area contributed by atoms with Gasteiger partial charge in [0.1, 0.15) is 0 Å². The monoisotopic (exact) mass is 252 g/mol. The maximum Gasteiger partial charge on any atom is 0.328 e.